The molecule has 0 atom stereocenters. The summed E-state index contributed by atoms with van der Waals surface area (Å²) >= 11 is 0. The maximum atomic E-state index is 6.29. The van der Waals surface area contributed by atoms with E-state index in [1.54, 1.807) is 0 Å². The minimum absolute atomic E-state index is 0.578. The van der Waals surface area contributed by atoms with Crippen molar-refractivity contribution in [2.75, 3.05) is 0 Å². The second-order valence-electron chi connectivity index (χ2n) is 14.0. The summed E-state index contributed by atoms with van der Waals surface area (Å²) in [6, 6.07) is 67.6. The van der Waals surface area contributed by atoms with Gasteiger partial charge in [-0.1, -0.05) is 158 Å². The van der Waals surface area contributed by atoms with Crippen molar-refractivity contribution in [3.05, 3.63) is 194 Å². The summed E-state index contributed by atoms with van der Waals surface area (Å²) in [7, 11) is 0. The second-order valence-corrected chi connectivity index (χ2v) is 14.0. The lowest BCUT2D eigenvalue weighted by molar-refractivity contribution is 0.669. The molecule has 11 rings (SSSR count). The first-order chi connectivity index (χ1) is 27.7. The molecule has 0 spiro atoms. The fourth-order valence-electron chi connectivity index (χ4n) is 7.97. The van der Waals surface area contributed by atoms with Gasteiger partial charge in [-0.2, -0.15) is 0 Å². The molecule has 3 heterocycles. The van der Waals surface area contributed by atoms with Crippen LogP contribution < -0.4 is 0 Å². The Morgan fingerprint density at radius 1 is 0.321 bits per heavy atom. The highest BCUT2D eigenvalue weighted by Crippen LogP contribution is 2.40. The van der Waals surface area contributed by atoms with Gasteiger partial charge in [0.2, 0.25) is 0 Å². The van der Waals surface area contributed by atoms with Crippen LogP contribution in [0.25, 0.3) is 106 Å². The number of para-hydroxylation sites is 2. The van der Waals surface area contributed by atoms with E-state index in [1.807, 2.05) is 54.6 Å². The molecule has 0 saturated carbocycles. The number of nitrogens with zero attached hydrogens (tertiary/aromatic N) is 4. The number of hydrogen-bond acceptors (Lipinski definition) is 4. The van der Waals surface area contributed by atoms with Crippen LogP contribution in [0, 0.1) is 0 Å². The monoisotopic (exact) mass is 716 g/mol. The summed E-state index contributed by atoms with van der Waals surface area (Å²) in [6.07, 6.45) is 0. The van der Waals surface area contributed by atoms with Crippen molar-refractivity contribution in [3.63, 3.8) is 0 Å². The molecular weight excluding hydrogens is 685 g/mol. The zero-order valence-corrected chi connectivity index (χ0v) is 30.2. The Morgan fingerprint density at radius 3 is 1.59 bits per heavy atom. The predicted octanol–water partition coefficient (Wildman–Crippen LogP) is 13.2. The van der Waals surface area contributed by atoms with Gasteiger partial charge in [0.15, 0.2) is 17.5 Å². The molecular formula is C51H32N4O. The Hall–Kier alpha value is -7.63. The first kappa shape index (κ1) is 31.9. The third-order valence-electron chi connectivity index (χ3n) is 10.7. The Bertz CT molecular complexity index is 3240. The first-order valence-electron chi connectivity index (χ1n) is 18.8. The topological polar surface area (TPSA) is 56.7 Å². The summed E-state index contributed by atoms with van der Waals surface area (Å²) in [4.78, 5) is 15.4. The molecule has 0 N–H and O–H groups in total. The zero-order valence-electron chi connectivity index (χ0n) is 30.2. The van der Waals surface area contributed by atoms with Crippen LogP contribution in [0.5, 0.6) is 0 Å². The lowest BCUT2D eigenvalue weighted by atomic mass is 10.00. The lowest BCUT2D eigenvalue weighted by Gasteiger charge is -2.17. The third kappa shape index (κ3) is 5.37. The van der Waals surface area contributed by atoms with E-state index in [-0.39, 0.29) is 0 Å². The number of fused-ring (bicyclic) bond motifs is 6. The van der Waals surface area contributed by atoms with Crippen LogP contribution in [-0.4, -0.2) is 19.5 Å². The van der Waals surface area contributed by atoms with Crippen molar-refractivity contribution >= 4 is 43.7 Å². The van der Waals surface area contributed by atoms with Gasteiger partial charge >= 0.3 is 0 Å². The van der Waals surface area contributed by atoms with Gasteiger partial charge in [0.05, 0.1) is 16.7 Å². The molecule has 56 heavy (non-hydrogen) atoms. The smallest absolute Gasteiger partial charge is 0.164 e. The number of rotatable bonds is 6. The molecule has 0 unspecified atom stereocenters. The van der Waals surface area contributed by atoms with E-state index >= 15 is 0 Å². The quantitative estimate of drug-likeness (QED) is 0.172. The van der Waals surface area contributed by atoms with Crippen LogP contribution in [0.4, 0.5) is 0 Å². The van der Waals surface area contributed by atoms with Gasteiger partial charge in [0, 0.05) is 43.8 Å². The summed E-state index contributed by atoms with van der Waals surface area (Å²) in [5, 5.41) is 4.54. The minimum atomic E-state index is 0.578. The van der Waals surface area contributed by atoms with E-state index < -0.39 is 0 Å². The van der Waals surface area contributed by atoms with Gasteiger partial charge in [0.1, 0.15) is 11.2 Å². The lowest BCUT2D eigenvalue weighted by Crippen LogP contribution is -2.02. The SMILES string of the molecule is c1ccc(-c2ccc3c4ccccc4n(-c4cc(-c5nc(-c6ccccc6)nc(-c6ccc7c(c6)oc6ccccc67)n5)ccc4-c4ccccc4)c3c2)cc1. The Kier molecular flexibility index (Phi) is 7.42. The van der Waals surface area contributed by atoms with E-state index in [1.165, 1.54) is 16.3 Å². The van der Waals surface area contributed by atoms with Gasteiger partial charge < -0.3 is 8.98 Å². The Labute approximate surface area is 322 Å². The largest absolute Gasteiger partial charge is 0.456 e. The molecule has 0 bridgehead atoms. The van der Waals surface area contributed by atoms with Gasteiger partial charge in [-0.15, -0.1) is 0 Å². The fraction of sp³-hybridized carbons (Fsp3) is 0. The maximum absolute atomic E-state index is 6.29. The van der Waals surface area contributed by atoms with Crippen LogP contribution >= 0.6 is 0 Å². The Balaban J connectivity index is 1.16. The van der Waals surface area contributed by atoms with E-state index in [4.69, 9.17) is 19.4 Å². The summed E-state index contributed by atoms with van der Waals surface area (Å²) in [5.41, 5.74) is 12.2. The van der Waals surface area contributed by atoms with E-state index in [0.717, 1.165) is 72.0 Å². The van der Waals surface area contributed by atoms with E-state index in [2.05, 4.69) is 144 Å². The number of benzene rings is 8. The van der Waals surface area contributed by atoms with Gasteiger partial charge in [-0.05, 0) is 53.1 Å². The number of furan rings is 1. The molecule has 0 aliphatic rings. The molecule has 0 amide bonds. The molecule has 262 valence electrons. The molecule has 0 fully saturated rings. The average molecular weight is 717 g/mol. The van der Waals surface area contributed by atoms with E-state index in [0.29, 0.717) is 17.5 Å². The van der Waals surface area contributed by atoms with Crippen LogP contribution in [-0.2, 0) is 0 Å². The molecule has 8 aromatic carbocycles. The first-order valence-corrected chi connectivity index (χ1v) is 18.8. The maximum Gasteiger partial charge on any atom is 0.164 e. The normalized spacial score (nSPS) is 11.6. The second kappa shape index (κ2) is 13.0. The summed E-state index contributed by atoms with van der Waals surface area (Å²) < 4.78 is 8.69. The van der Waals surface area contributed by atoms with Crippen molar-refractivity contribution in [2.24, 2.45) is 0 Å². The third-order valence-corrected chi connectivity index (χ3v) is 10.7. The van der Waals surface area contributed by atoms with Crippen LogP contribution in [0.2, 0.25) is 0 Å². The molecule has 5 heteroatoms. The van der Waals surface area contributed by atoms with Crippen molar-refractivity contribution < 1.29 is 4.42 Å². The van der Waals surface area contributed by atoms with Crippen LogP contribution in [0.15, 0.2) is 199 Å². The molecule has 0 aliphatic carbocycles. The van der Waals surface area contributed by atoms with E-state index in [9.17, 15) is 0 Å². The number of aromatic nitrogens is 4. The zero-order chi connectivity index (χ0) is 37.0. The van der Waals surface area contributed by atoms with Crippen molar-refractivity contribution in [1.29, 1.82) is 0 Å². The van der Waals surface area contributed by atoms with Gasteiger partial charge in [-0.25, -0.2) is 15.0 Å². The minimum Gasteiger partial charge on any atom is -0.456 e. The standard InChI is InChI=1S/C51H32N4O/c1-4-14-33(15-5-1)36-24-28-41-40-20-10-12-22-44(40)55(46(41)30-36)45-31-37(25-27-39(45)34-16-6-2-7-17-34)50-52-49(35-18-8-3-9-19-35)53-51(54-50)38-26-29-43-42-21-11-13-23-47(42)56-48(43)32-38/h1-32H. The molecule has 0 radical (unpaired) electrons. The molecule has 11 aromatic rings. The fourth-order valence-corrected chi connectivity index (χ4v) is 7.97. The highest BCUT2D eigenvalue weighted by molar-refractivity contribution is 6.11. The predicted molar refractivity (Wildman–Crippen MR) is 229 cm³/mol. The van der Waals surface area contributed by atoms with Crippen LogP contribution in [0.1, 0.15) is 0 Å². The highest BCUT2D eigenvalue weighted by atomic mass is 16.3. The average Bonchev–Trinajstić information content (AvgIpc) is 3.82. The van der Waals surface area contributed by atoms with Crippen molar-refractivity contribution in [1.82, 2.24) is 19.5 Å². The summed E-state index contributed by atoms with van der Waals surface area (Å²) in [5.74, 6) is 1.77. The molecule has 5 nitrogen and oxygen atoms in total. The molecule has 3 aromatic heterocycles. The van der Waals surface area contributed by atoms with Crippen molar-refractivity contribution in [3.8, 4) is 62.1 Å². The Morgan fingerprint density at radius 2 is 0.839 bits per heavy atom. The molecule has 0 saturated heterocycles. The van der Waals surface area contributed by atoms with Crippen molar-refractivity contribution in [2.45, 2.75) is 0 Å². The highest BCUT2D eigenvalue weighted by Gasteiger charge is 2.20. The van der Waals surface area contributed by atoms with Gasteiger partial charge in [0.25, 0.3) is 0 Å². The molecule has 0 aliphatic heterocycles. The van der Waals surface area contributed by atoms with Gasteiger partial charge in [-0.3, -0.25) is 0 Å². The number of hydrogen-bond donors (Lipinski definition) is 0. The summed E-state index contributed by atoms with van der Waals surface area (Å²) in [6.45, 7) is 0. The van der Waals surface area contributed by atoms with Crippen LogP contribution in [0.3, 0.4) is 0 Å².